The zero-order valence-corrected chi connectivity index (χ0v) is 15.3. The molecule has 1 fully saturated rings. The Morgan fingerprint density at radius 1 is 1.42 bits per heavy atom. The summed E-state index contributed by atoms with van der Waals surface area (Å²) in [5.74, 6) is 0.0111. The summed E-state index contributed by atoms with van der Waals surface area (Å²) >= 11 is 0. The van der Waals surface area contributed by atoms with Crippen LogP contribution in [0.25, 0.3) is 0 Å². The van der Waals surface area contributed by atoms with Crippen molar-refractivity contribution in [3.8, 4) is 5.75 Å². The number of carbonyl (C=O) groups is 1. The summed E-state index contributed by atoms with van der Waals surface area (Å²) in [6.07, 6.45) is 2.97. The van der Waals surface area contributed by atoms with Crippen LogP contribution in [-0.2, 0) is 17.9 Å². The van der Waals surface area contributed by atoms with Crippen LogP contribution in [0.1, 0.15) is 36.1 Å². The Morgan fingerprint density at radius 3 is 3.00 bits per heavy atom. The Bertz CT molecular complexity index is 831. The summed E-state index contributed by atoms with van der Waals surface area (Å²) in [4.78, 5) is 14.4. The number of carboxylic acids is 1. The van der Waals surface area contributed by atoms with Gasteiger partial charge in [-0.05, 0) is 25.0 Å². The number of rotatable bonds is 5. The highest BCUT2D eigenvalue weighted by atomic mass is 16.5. The number of para-hydroxylation sites is 1. The summed E-state index contributed by atoms with van der Waals surface area (Å²) in [5.41, 5.74) is 2.48. The molecule has 4 rings (SSSR count). The Hall–Kier alpha value is -2.34. The van der Waals surface area contributed by atoms with Gasteiger partial charge >= 0.3 is 5.97 Å². The number of aromatic nitrogens is 2. The largest absolute Gasteiger partial charge is 0.492 e. The van der Waals surface area contributed by atoms with Crippen molar-refractivity contribution in [3.63, 3.8) is 0 Å². The summed E-state index contributed by atoms with van der Waals surface area (Å²) in [6, 6.07) is 7.83. The molecule has 6 heteroatoms. The van der Waals surface area contributed by atoms with Gasteiger partial charge in [-0.25, -0.2) is 0 Å². The van der Waals surface area contributed by atoms with Crippen LogP contribution in [0.5, 0.6) is 5.75 Å². The van der Waals surface area contributed by atoms with Crippen molar-refractivity contribution in [3.05, 3.63) is 47.3 Å². The number of fused-ring (bicyclic) bond motifs is 3. The molecule has 2 aromatic rings. The summed E-state index contributed by atoms with van der Waals surface area (Å²) < 4.78 is 7.87. The Balaban J connectivity index is 1.61. The first-order valence-electron chi connectivity index (χ1n) is 9.24. The molecule has 2 aliphatic rings. The molecule has 2 atom stereocenters. The molecule has 0 bridgehead atoms. The third kappa shape index (κ3) is 2.60. The first-order chi connectivity index (χ1) is 12.5. The van der Waals surface area contributed by atoms with Crippen LogP contribution in [0.3, 0.4) is 0 Å². The van der Waals surface area contributed by atoms with E-state index in [-0.39, 0.29) is 12.5 Å². The number of aliphatic carboxylic acids is 1. The van der Waals surface area contributed by atoms with Crippen molar-refractivity contribution in [1.82, 2.24) is 14.7 Å². The molecular formula is C20H25N3O3. The zero-order chi connectivity index (χ0) is 18.3. The van der Waals surface area contributed by atoms with Gasteiger partial charge < -0.3 is 9.84 Å². The Labute approximate surface area is 153 Å². The lowest BCUT2D eigenvalue weighted by Crippen LogP contribution is -2.45. The summed E-state index contributed by atoms with van der Waals surface area (Å²) in [5, 5.41) is 14.5. The molecule has 0 spiro atoms. The van der Waals surface area contributed by atoms with Gasteiger partial charge in [-0.2, -0.15) is 5.10 Å². The number of hydrogen-bond acceptors (Lipinski definition) is 4. The average Bonchev–Trinajstić information content (AvgIpc) is 3.18. The van der Waals surface area contributed by atoms with Crippen LogP contribution in [-0.4, -0.2) is 45.5 Å². The van der Waals surface area contributed by atoms with E-state index in [9.17, 15) is 9.90 Å². The fourth-order valence-corrected chi connectivity index (χ4v) is 4.37. The van der Waals surface area contributed by atoms with Crippen molar-refractivity contribution in [1.29, 1.82) is 0 Å². The predicted molar refractivity (Wildman–Crippen MR) is 97.3 cm³/mol. The molecule has 138 valence electrons. The predicted octanol–water partition coefficient (Wildman–Crippen LogP) is 2.66. The van der Waals surface area contributed by atoms with Gasteiger partial charge in [0.25, 0.3) is 0 Å². The lowest BCUT2D eigenvalue weighted by atomic mass is 9.73. The second kappa shape index (κ2) is 6.43. The summed E-state index contributed by atoms with van der Waals surface area (Å²) in [6.45, 7) is 7.32. The smallest absolute Gasteiger partial charge is 0.315 e. The van der Waals surface area contributed by atoms with Crippen LogP contribution >= 0.6 is 0 Å². The highest BCUT2D eigenvalue weighted by molar-refractivity contribution is 5.78. The number of hydrogen-bond donors (Lipinski definition) is 1. The number of nitrogens with zero attached hydrogens (tertiary/aromatic N) is 3. The van der Waals surface area contributed by atoms with Crippen molar-refractivity contribution in [2.45, 2.75) is 39.3 Å². The van der Waals surface area contributed by atoms with E-state index in [1.165, 1.54) is 11.3 Å². The molecule has 1 aromatic carbocycles. The zero-order valence-electron chi connectivity index (χ0n) is 15.3. The molecule has 1 N–H and O–H groups in total. The Morgan fingerprint density at radius 2 is 2.23 bits per heavy atom. The van der Waals surface area contributed by atoms with Gasteiger partial charge in [0.05, 0.1) is 6.20 Å². The standard InChI is InChI=1S/C20H25N3O3/c1-3-8-23-14(2)15(9-21-23)10-22-11-17-16-6-4-5-7-18(16)26-13-20(17,12-22)19(24)25/h4-7,9,17H,3,8,10-13H2,1-2H3,(H,24,25)/t17-,20-/m0/s1. The van der Waals surface area contributed by atoms with Crippen LogP contribution in [0, 0.1) is 12.3 Å². The fourth-order valence-electron chi connectivity index (χ4n) is 4.37. The molecule has 1 saturated heterocycles. The summed E-state index contributed by atoms with van der Waals surface area (Å²) in [7, 11) is 0. The third-order valence-electron chi connectivity index (χ3n) is 5.85. The topological polar surface area (TPSA) is 67.6 Å². The van der Waals surface area contributed by atoms with E-state index < -0.39 is 11.4 Å². The first kappa shape index (κ1) is 17.1. The number of benzene rings is 1. The normalized spacial score (nSPS) is 24.8. The maximum absolute atomic E-state index is 12.2. The van der Waals surface area contributed by atoms with Gasteiger partial charge in [0, 0.05) is 43.4 Å². The molecule has 26 heavy (non-hydrogen) atoms. The number of aryl methyl sites for hydroxylation is 1. The molecule has 1 aromatic heterocycles. The molecule has 0 aliphatic carbocycles. The van der Waals surface area contributed by atoms with E-state index in [4.69, 9.17) is 4.74 Å². The third-order valence-corrected chi connectivity index (χ3v) is 5.85. The molecule has 3 heterocycles. The SMILES string of the molecule is CCCn1ncc(CN2C[C@H]3c4ccccc4OC[C@@]3(C(=O)O)C2)c1C. The van der Waals surface area contributed by atoms with Gasteiger partial charge in [-0.15, -0.1) is 0 Å². The number of likely N-dealkylation sites (tertiary alicyclic amines) is 1. The average molecular weight is 355 g/mol. The Kier molecular flexibility index (Phi) is 4.23. The lowest BCUT2D eigenvalue weighted by Gasteiger charge is -2.35. The van der Waals surface area contributed by atoms with Gasteiger partial charge in [0.2, 0.25) is 0 Å². The highest BCUT2D eigenvalue weighted by Crippen LogP contribution is 2.49. The molecule has 6 nitrogen and oxygen atoms in total. The minimum Gasteiger partial charge on any atom is -0.492 e. The van der Waals surface area contributed by atoms with E-state index in [1.54, 1.807) is 0 Å². The van der Waals surface area contributed by atoms with Gasteiger partial charge in [-0.1, -0.05) is 25.1 Å². The molecule has 0 saturated carbocycles. The fraction of sp³-hybridized carbons (Fsp3) is 0.500. The lowest BCUT2D eigenvalue weighted by molar-refractivity contribution is -0.151. The minimum atomic E-state index is -0.873. The van der Waals surface area contributed by atoms with E-state index in [0.717, 1.165) is 37.4 Å². The van der Waals surface area contributed by atoms with Crippen LogP contribution in [0.15, 0.2) is 30.5 Å². The van der Waals surface area contributed by atoms with E-state index in [0.29, 0.717) is 6.54 Å². The van der Waals surface area contributed by atoms with E-state index in [2.05, 4.69) is 23.8 Å². The van der Waals surface area contributed by atoms with E-state index in [1.807, 2.05) is 35.1 Å². The molecule has 0 radical (unpaired) electrons. The van der Waals surface area contributed by atoms with Crippen LogP contribution in [0.2, 0.25) is 0 Å². The van der Waals surface area contributed by atoms with Crippen molar-refractivity contribution in [2.24, 2.45) is 5.41 Å². The quantitative estimate of drug-likeness (QED) is 0.893. The van der Waals surface area contributed by atoms with Crippen molar-refractivity contribution in [2.75, 3.05) is 19.7 Å². The monoisotopic (exact) mass is 355 g/mol. The highest BCUT2D eigenvalue weighted by Gasteiger charge is 2.56. The van der Waals surface area contributed by atoms with Crippen molar-refractivity contribution >= 4 is 5.97 Å². The second-order valence-electron chi connectivity index (χ2n) is 7.49. The van der Waals surface area contributed by atoms with Crippen molar-refractivity contribution < 1.29 is 14.6 Å². The van der Waals surface area contributed by atoms with Crippen LogP contribution in [0.4, 0.5) is 0 Å². The molecule has 2 aliphatic heterocycles. The van der Waals surface area contributed by atoms with Gasteiger partial charge in [0.1, 0.15) is 17.8 Å². The minimum absolute atomic E-state index is 0.0454. The molecule has 0 amide bonds. The number of ether oxygens (including phenoxy) is 1. The first-order valence-corrected chi connectivity index (χ1v) is 9.24. The molecular weight excluding hydrogens is 330 g/mol. The molecule has 0 unspecified atom stereocenters. The van der Waals surface area contributed by atoms with E-state index >= 15 is 0 Å². The maximum atomic E-state index is 12.2. The maximum Gasteiger partial charge on any atom is 0.315 e. The van der Waals surface area contributed by atoms with Crippen LogP contribution < -0.4 is 4.74 Å². The van der Waals surface area contributed by atoms with Gasteiger partial charge in [0.15, 0.2) is 0 Å². The number of carboxylic acid groups (broad SMARTS) is 1. The second-order valence-corrected chi connectivity index (χ2v) is 7.49. The van der Waals surface area contributed by atoms with Gasteiger partial charge in [-0.3, -0.25) is 14.4 Å².